The number of carbonyl (C=O) groups is 1. The molecule has 4 heteroatoms. The van der Waals surface area contributed by atoms with Crippen molar-refractivity contribution < 1.29 is 9.53 Å². The molecule has 1 amide bonds. The molecule has 1 atom stereocenters. The van der Waals surface area contributed by atoms with Crippen LogP contribution in [0.5, 0.6) is 0 Å². The Labute approximate surface area is 167 Å². The molecular weight excluding hydrogens is 348 g/mol. The summed E-state index contributed by atoms with van der Waals surface area (Å²) < 4.78 is 6.29. The highest BCUT2D eigenvalue weighted by atomic mass is 16.5. The number of rotatable bonds is 4. The molecule has 1 spiro atoms. The Hall–Kier alpha value is -2.20. The molecule has 0 saturated carbocycles. The zero-order valence-corrected chi connectivity index (χ0v) is 16.8. The summed E-state index contributed by atoms with van der Waals surface area (Å²) in [5.41, 5.74) is 3.70. The molecule has 0 bridgehead atoms. The van der Waals surface area contributed by atoms with Crippen molar-refractivity contribution in [3.05, 3.63) is 65.5 Å². The molecule has 4 rings (SSSR count). The van der Waals surface area contributed by atoms with E-state index in [2.05, 4.69) is 36.2 Å². The topological polar surface area (TPSA) is 42.4 Å². The highest BCUT2D eigenvalue weighted by molar-refractivity contribution is 5.78. The summed E-state index contributed by atoms with van der Waals surface area (Å²) in [6, 6.07) is 12.8. The minimum Gasteiger partial charge on any atom is -0.375 e. The van der Waals surface area contributed by atoms with Gasteiger partial charge in [-0.2, -0.15) is 0 Å². The number of amides is 1. The standard InChI is InChI=1S/C24H30N2O2/c1-19-4-6-20(7-5-19)15-21-8-14-28-24(17-21)9-12-26(13-10-24)23(27)16-22-3-2-11-25-18-22/h2-7,11,18,21H,8-10,12-17H2,1H3. The van der Waals surface area contributed by atoms with Crippen LogP contribution in [0.4, 0.5) is 0 Å². The molecule has 3 heterocycles. The number of hydrogen-bond donors (Lipinski definition) is 0. The Kier molecular flexibility index (Phi) is 5.77. The van der Waals surface area contributed by atoms with Crippen LogP contribution in [-0.4, -0.2) is 41.1 Å². The molecule has 4 nitrogen and oxygen atoms in total. The Balaban J connectivity index is 1.31. The molecule has 148 valence electrons. The maximum atomic E-state index is 12.6. The third-order valence-corrected chi connectivity index (χ3v) is 6.35. The molecular formula is C24H30N2O2. The Morgan fingerprint density at radius 1 is 1.18 bits per heavy atom. The van der Waals surface area contributed by atoms with E-state index in [0.29, 0.717) is 12.3 Å². The normalized spacial score (nSPS) is 21.6. The van der Waals surface area contributed by atoms with Crippen LogP contribution in [0.2, 0.25) is 0 Å². The van der Waals surface area contributed by atoms with E-state index in [1.165, 1.54) is 11.1 Å². The first-order chi connectivity index (χ1) is 13.6. The number of hydrogen-bond acceptors (Lipinski definition) is 3. The number of aryl methyl sites for hydroxylation is 1. The number of piperidine rings is 1. The minimum atomic E-state index is -0.0291. The molecule has 0 N–H and O–H groups in total. The van der Waals surface area contributed by atoms with Gasteiger partial charge in [-0.3, -0.25) is 9.78 Å². The van der Waals surface area contributed by atoms with Gasteiger partial charge in [0.25, 0.3) is 0 Å². The number of ether oxygens (including phenoxy) is 1. The monoisotopic (exact) mass is 378 g/mol. The first kappa shape index (κ1) is 19.1. The van der Waals surface area contributed by atoms with Crippen LogP contribution in [0.25, 0.3) is 0 Å². The third-order valence-electron chi connectivity index (χ3n) is 6.35. The Morgan fingerprint density at radius 2 is 1.96 bits per heavy atom. The number of nitrogens with zero attached hydrogens (tertiary/aromatic N) is 2. The quantitative estimate of drug-likeness (QED) is 0.809. The molecule has 2 saturated heterocycles. The van der Waals surface area contributed by atoms with E-state index >= 15 is 0 Å². The lowest BCUT2D eigenvalue weighted by atomic mass is 9.77. The molecule has 2 aromatic rings. The number of likely N-dealkylation sites (tertiary alicyclic amines) is 1. The molecule has 1 aromatic heterocycles. The molecule has 2 fully saturated rings. The van der Waals surface area contributed by atoms with E-state index in [1.54, 1.807) is 12.4 Å². The average molecular weight is 379 g/mol. The summed E-state index contributed by atoms with van der Waals surface area (Å²) in [4.78, 5) is 18.7. The van der Waals surface area contributed by atoms with Gasteiger partial charge in [0.1, 0.15) is 0 Å². The van der Waals surface area contributed by atoms with Gasteiger partial charge in [-0.05, 0) is 62.1 Å². The maximum absolute atomic E-state index is 12.6. The van der Waals surface area contributed by atoms with Crippen LogP contribution in [-0.2, 0) is 22.4 Å². The molecule has 1 aromatic carbocycles. The van der Waals surface area contributed by atoms with Gasteiger partial charge >= 0.3 is 0 Å². The van der Waals surface area contributed by atoms with Crippen LogP contribution in [0.1, 0.15) is 42.4 Å². The first-order valence-electron chi connectivity index (χ1n) is 10.5. The largest absolute Gasteiger partial charge is 0.375 e. The van der Waals surface area contributed by atoms with E-state index in [1.807, 2.05) is 17.0 Å². The van der Waals surface area contributed by atoms with Crippen LogP contribution in [0.3, 0.4) is 0 Å². The zero-order chi connectivity index (χ0) is 19.4. The zero-order valence-electron chi connectivity index (χ0n) is 16.8. The second-order valence-corrected chi connectivity index (χ2v) is 8.50. The summed E-state index contributed by atoms with van der Waals surface area (Å²) >= 11 is 0. The fourth-order valence-electron chi connectivity index (χ4n) is 4.66. The third kappa shape index (κ3) is 4.61. The van der Waals surface area contributed by atoms with Crippen LogP contribution in [0.15, 0.2) is 48.8 Å². The fraction of sp³-hybridized carbons (Fsp3) is 0.500. The minimum absolute atomic E-state index is 0.0291. The van der Waals surface area contributed by atoms with Gasteiger partial charge < -0.3 is 9.64 Å². The van der Waals surface area contributed by atoms with Gasteiger partial charge in [-0.1, -0.05) is 35.9 Å². The van der Waals surface area contributed by atoms with Gasteiger partial charge in [-0.15, -0.1) is 0 Å². The smallest absolute Gasteiger partial charge is 0.227 e. The van der Waals surface area contributed by atoms with Gasteiger partial charge in [0.05, 0.1) is 12.0 Å². The van der Waals surface area contributed by atoms with Crippen LogP contribution < -0.4 is 0 Å². The van der Waals surface area contributed by atoms with E-state index in [9.17, 15) is 4.79 Å². The molecule has 28 heavy (non-hydrogen) atoms. The molecule has 0 aliphatic carbocycles. The predicted octanol–water partition coefficient (Wildman–Crippen LogP) is 3.96. The second kappa shape index (κ2) is 8.44. The molecule has 1 unspecified atom stereocenters. The number of aromatic nitrogens is 1. The first-order valence-corrected chi connectivity index (χ1v) is 10.5. The lowest BCUT2D eigenvalue weighted by molar-refractivity contribution is -0.146. The Bertz CT molecular complexity index is 780. The molecule has 2 aliphatic heterocycles. The number of pyridine rings is 1. The SMILES string of the molecule is Cc1ccc(CC2CCOC3(CCN(C(=O)Cc4cccnc4)CC3)C2)cc1. The highest BCUT2D eigenvalue weighted by Crippen LogP contribution is 2.39. The van der Waals surface area contributed by atoms with Crippen molar-refractivity contribution in [3.8, 4) is 0 Å². The van der Waals surface area contributed by atoms with Crippen molar-refractivity contribution in [2.24, 2.45) is 5.92 Å². The second-order valence-electron chi connectivity index (χ2n) is 8.50. The van der Waals surface area contributed by atoms with Crippen molar-refractivity contribution in [1.29, 1.82) is 0 Å². The Morgan fingerprint density at radius 3 is 2.68 bits per heavy atom. The lowest BCUT2D eigenvalue weighted by Gasteiger charge is -2.46. The van der Waals surface area contributed by atoms with Gasteiger partial charge in [-0.25, -0.2) is 0 Å². The van der Waals surface area contributed by atoms with E-state index in [0.717, 1.165) is 57.4 Å². The number of carbonyl (C=O) groups excluding carboxylic acids is 1. The lowest BCUT2D eigenvalue weighted by Crippen LogP contribution is -2.51. The van der Waals surface area contributed by atoms with Crippen molar-refractivity contribution in [2.45, 2.75) is 51.0 Å². The summed E-state index contributed by atoms with van der Waals surface area (Å²) in [5, 5.41) is 0. The van der Waals surface area contributed by atoms with Crippen LogP contribution >= 0.6 is 0 Å². The molecule has 0 radical (unpaired) electrons. The highest BCUT2D eigenvalue weighted by Gasteiger charge is 2.41. The average Bonchev–Trinajstić information content (AvgIpc) is 2.71. The van der Waals surface area contributed by atoms with Crippen molar-refractivity contribution in [2.75, 3.05) is 19.7 Å². The fourth-order valence-corrected chi connectivity index (χ4v) is 4.66. The van der Waals surface area contributed by atoms with E-state index < -0.39 is 0 Å². The molecule has 2 aliphatic rings. The number of benzene rings is 1. The van der Waals surface area contributed by atoms with Gasteiger partial charge in [0.15, 0.2) is 0 Å². The van der Waals surface area contributed by atoms with Gasteiger partial charge in [0, 0.05) is 32.1 Å². The van der Waals surface area contributed by atoms with E-state index in [-0.39, 0.29) is 11.5 Å². The van der Waals surface area contributed by atoms with Crippen LogP contribution in [0, 0.1) is 12.8 Å². The van der Waals surface area contributed by atoms with Gasteiger partial charge in [0.2, 0.25) is 5.91 Å². The maximum Gasteiger partial charge on any atom is 0.227 e. The predicted molar refractivity (Wildman–Crippen MR) is 110 cm³/mol. The van der Waals surface area contributed by atoms with Crippen molar-refractivity contribution in [1.82, 2.24) is 9.88 Å². The van der Waals surface area contributed by atoms with Crippen molar-refractivity contribution in [3.63, 3.8) is 0 Å². The van der Waals surface area contributed by atoms with E-state index in [4.69, 9.17) is 4.74 Å². The van der Waals surface area contributed by atoms with Crippen molar-refractivity contribution >= 4 is 5.91 Å². The summed E-state index contributed by atoms with van der Waals surface area (Å²) in [6.07, 6.45) is 9.26. The summed E-state index contributed by atoms with van der Waals surface area (Å²) in [5.74, 6) is 0.879. The summed E-state index contributed by atoms with van der Waals surface area (Å²) in [7, 11) is 0. The summed E-state index contributed by atoms with van der Waals surface area (Å²) in [6.45, 7) is 4.59.